The topological polar surface area (TPSA) is 0 Å². The number of hydrogen-bond acceptors (Lipinski definition) is 0. The Hall–Kier alpha value is 1.29. The van der Waals surface area contributed by atoms with Crippen LogP contribution in [0.2, 0.25) is 0 Å². The number of alkyl halides is 1. The minimum absolute atomic E-state index is 0. The van der Waals surface area contributed by atoms with Crippen molar-refractivity contribution in [3.05, 3.63) is 6.92 Å². The maximum atomic E-state index is 4.89. The molecule has 1 fully saturated rings. The predicted molar refractivity (Wildman–Crippen MR) is 43.8 cm³/mol. The van der Waals surface area contributed by atoms with E-state index in [2.05, 4.69) is 6.92 Å². The van der Waals surface area contributed by atoms with E-state index in [1.54, 1.807) is 0 Å². The first kappa shape index (κ1) is 13.9. The van der Waals surface area contributed by atoms with Crippen molar-refractivity contribution in [2.24, 2.45) is 0 Å². The largest absolute Gasteiger partial charge is 1.00 e. The van der Waals surface area contributed by atoms with Gasteiger partial charge in [-0.2, -0.15) is 11.6 Å². The van der Waals surface area contributed by atoms with Crippen molar-refractivity contribution in [1.29, 1.82) is 0 Å². The van der Waals surface area contributed by atoms with Crippen LogP contribution in [0.1, 0.15) is 38.5 Å². The minimum atomic E-state index is 0. The Balaban J connectivity index is 0. The van der Waals surface area contributed by atoms with Gasteiger partial charge in [0.25, 0.3) is 0 Å². The summed E-state index contributed by atoms with van der Waals surface area (Å²) >= 11 is 4.89. The average molecular weight is 171 g/mol. The molecular weight excluding hydrogens is 155 g/mol. The molecule has 0 atom stereocenters. The van der Waals surface area contributed by atoms with Gasteiger partial charge in [0.05, 0.1) is 0 Å². The van der Waals surface area contributed by atoms with Crippen molar-refractivity contribution in [3.63, 3.8) is 0 Å². The molecule has 1 aliphatic carbocycles. The normalized spacial score (nSPS) is 16.2. The molecule has 0 amide bonds. The van der Waals surface area contributed by atoms with Crippen LogP contribution >= 0.6 is 11.6 Å². The van der Waals surface area contributed by atoms with E-state index in [1.807, 2.05) is 0 Å². The Morgan fingerprint density at radius 2 is 1.00 bits per heavy atom. The monoisotopic (exact) mass is 170 g/mol. The fourth-order valence-electron chi connectivity index (χ4n) is 1.06. The Labute approximate surface area is 92.0 Å². The molecule has 2 heteroatoms. The predicted octanol–water partition coefficient (Wildman–Crippen LogP) is 0.404. The Morgan fingerprint density at radius 1 is 0.900 bits per heavy atom. The molecule has 0 heterocycles. The maximum absolute atomic E-state index is 4.89. The maximum Gasteiger partial charge on any atom is 1.00 e. The molecule has 0 saturated heterocycles. The molecule has 0 aromatic rings. The summed E-state index contributed by atoms with van der Waals surface area (Å²) in [5.41, 5.74) is 0. The summed E-state index contributed by atoms with van der Waals surface area (Å²) in [6.07, 6.45) is 9.00. The Kier molecular flexibility index (Phi) is 17.9. The van der Waals surface area contributed by atoms with Crippen LogP contribution < -0.4 is 29.6 Å². The number of halogens is 1. The van der Waals surface area contributed by atoms with Crippen LogP contribution in [0.15, 0.2) is 0 Å². The zero-order valence-electron chi connectivity index (χ0n) is 7.03. The smallest absolute Gasteiger partial charge is 0.329 e. The van der Waals surface area contributed by atoms with Crippen LogP contribution in [0.25, 0.3) is 0 Å². The van der Waals surface area contributed by atoms with Gasteiger partial charge in [-0.05, 0) is 0 Å². The Bertz CT molecular complexity index is 33.0. The van der Waals surface area contributed by atoms with E-state index in [1.165, 1.54) is 38.5 Å². The van der Waals surface area contributed by atoms with Gasteiger partial charge < -0.3 is 6.92 Å². The van der Waals surface area contributed by atoms with Gasteiger partial charge in [0.2, 0.25) is 0 Å². The summed E-state index contributed by atoms with van der Waals surface area (Å²) in [6, 6.07) is 0. The first-order valence-corrected chi connectivity index (χ1v) is 4.30. The molecule has 56 valence electrons. The summed E-state index contributed by atoms with van der Waals surface area (Å²) in [5.74, 6) is 0.472. The van der Waals surface area contributed by atoms with E-state index < -0.39 is 0 Å². The summed E-state index contributed by atoms with van der Waals surface area (Å²) in [6.45, 7) is 3.25. The zero-order valence-corrected chi connectivity index (χ0v) is 9.79. The van der Waals surface area contributed by atoms with Crippen molar-refractivity contribution in [2.75, 3.05) is 5.88 Å². The molecule has 0 bridgehead atoms. The van der Waals surface area contributed by atoms with Crippen LogP contribution in [0.5, 0.6) is 0 Å². The fourth-order valence-corrected chi connectivity index (χ4v) is 1.06. The quantitative estimate of drug-likeness (QED) is 0.281. The third-order valence-corrected chi connectivity index (χ3v) is 1.50. The first-order valence-electron chi connectivity index (χ1n) is 3.77. The van der Waals surface area contributed by atoms with Crippen molar-refractivity contribution >= 4 is 11.6 Å². The average Bonchev–Trinajstić information content (AvgIpc) is 1.93. The van der Waals surface area contributed by atoms with Crippen LogP contribution in [-0.2, 0) is 0 Å². The molecule has 1 aliphatic rings. The third kappa shape index (κ3) is 12.0. The molecule has 1 saturated carbocycles. The first-order chi connectivity index (χ1) is 4.41. The molecular formula is C8H16ClNa. The van der Waals surface area contributed by atoms with Gasteiger partial charge in [-0.3, -0.25) is 0 Å². The zero-order chi connectivity index (χ0) is 6.95. The number of rotatable bonds is 0. The molecule has 0 N–H and O–H groups in total. The van der Waals surface area contributed by atoms with Crippen LogP contribution in [0, 0.1) is 6.92 Å². The molecule has 0 spiro atoms. The molecule has 1 rings (SSSR count). The second-order valence-electron chi connectivity index (χ2n) is 2.31. The van der Waals surface area contributed by atoms with E-state index in [9.17, 15) is 0 Å². The molecule has 0 radical (unpaired) electrons. The van der Waals surface area contributed by atoms with Crippen LogP contribution in [-0.4, -0.2) is 5.88 Å². The van der Waals surface area contributed by atoms with Crippen molar-refractivity contribution < 1.29 is 29.6 Å². The van der Waals surface area contributed by atoms with E-state index >= 15 is 0 Å². The van der Waals surface area contributed by atoms with E-state index in [-0.39, 0.29) is 29.6 Å². The van der Waals surface area contributed by atoms with Crippen LogP contribution in [0.4, 0.5) is 0 Å². The summed E-state index contributed by atoms with van der Waals surface area (Å²) in [5, 5.41) is 0. The van der Waals surface area contributed by atoms with Gasteiger partial charge in [-0.15, -0.1) is 5.88 Å². The van der Waals surface area contributed by atoms with Crippen molar-refractivity contribution in [2.45, 2.75) is 38.5 Å². The molecule has 10 heavy (non-hydrogen) atoms. The summed E-state index contributed by atoms with van der Waals surface area (Å²) < 4.78 is 0. The molecule has 0 nitrogen and oxygen atoms in total. The van der Waals surface area contributed by atoms with Gasteiger partial charge in [-0.1, -0.05) is 38.5 Å². The van der Waals surface area contributed by atoms with E-state index in [4.69, 9.17) is 11.6 Å². The van der Waals surface area contributed by atoms with Gasteiger partial charge in [0, 0.05) is 0 Å². The SMILES string of the molecule is C1CCCCC1.[CH2-]CCl.[Na+]. The van der Waals surface area contributed by atoms with Gasteiger partial charge in [0.1, 0.15) is 0 Å². The summed E-state index contributed by atoms with van der Waals surface area (Å²) in [4.78, 5) is 0. The fraction of sp³-hybridized carbons (Fsp3) is 0.875. The van der Waals surface area contributed by atoms with Gasteiger partial charge in [-0.25, -0.2) is 0 Å². The molecule has 0 aromatic carbocycles. The third-order valence-electron chi connectivity index (χ3n) is 1.50. The van der Waals surface area contributed by atoms with E-state index in [0.717, 1.165) is 0 Å². The molecule has 0 unspecified atom stereocenters. The van der Waals surface area contributed by atoms with Crippen molar-refractivity contribution in [1.82, 2.24) is 0 Å². The standard InChI is InChI=1S/C6H12.C2H4Cl.Na/c1-2-4-6-5-3-1;1-2-3;/h1-6H2;1-2H2;/q;-1;+1. The second-order valence-corrected chi connectivity index (χ2v) is 2.69. The molecule has 0 aliphatic heterocycles. The molecule has 0 aromatic heterocycles. The van der Waals surface area contributed by atoms with Gasteiger partial charge >= 0.3 is 29.6 Å². The second kappa shape index (κ2) is 12.9. The van der Waals surface area contributed by atoms with Crippen molar-refractivity contribution in [3.8, 4) is 0 Å². The summed E-state index contributed by atoms with van der Waals surface area (Å²) in [7, 11) is 0. The van der Waals surface area contributed by atoms with E-state index in [0.29, 0.717) is 5.88 Å². The Morgan fingerprint density at radius 3 is 1.10 bits per heavy atom. The van der Waals surface area contributed by atoms with Crippen LogP contribution in [0.3, 0.4) is 0 Å². The minimum Gasteiger partial charge on any atom is -0.329 e. The number of hydrogen-bond donors (Lipinski definition) is 0. The van der Waals surface area contributed by atoms with Gasteiger partial charge in [0.15, 0.2) is 0 Å².